The van der Waals surface area contributed by atoms with Crippen molar-refractivity contribution < 1.29 is 17.9 Å². The molecule has 3 rings (SSSR count). The van der Waals surface area contributed by atoms with Crippen molar-refractivity contribution in [2.75, 3.05) is 7.11 Å². The van der Waals surface area contributed by atoms with Crippen LogP contribution in [0.3, 0.4) is 0 Å². The van der Waals surface area contributed by atoms with Gasteiger partial charge in [0.25, 0.3) is 0 Å². The number of methoxy groups -OCH3 is 1. The fourth-order valence-corrected chi connectivity index (χ4v) is 5.09. The van der Waals surface area contributed by atoms with Crippen LogP contribution in [0.25, 0.3) is 0 Å². The molecule has 0 aliphatic heterocycles. The van der Waals surface area contributed by atoms with Crippen LogP contribution in [-0.4, -0.2) is 21.3 Å². The summed E-state index contributed by atoms with van der Waals surface area (Å²) in [6.07, 6.45) is 0. The van der Waals surface area contributed by atoms with Gasteiger partial charge in [-0.1, -0.05) is 24.6 Å². The molecule has 0 fully saturated rings. The van der Waals surface area contributed by atoms with Crippen LogP contribution in [0, 0.1) is 12.8 Å². The van der Waals surface area contributed by atoms with E-state index in [-0.39, 0.29) is 10.7 Å². The van der Waals surface area contributed by atoms with E-state index in [1.165, 1.54) is 7.11 Å². The van der Waals surface area contributed by atoms with Crippen LogP contribution in [0.2, 0.25) is 0 Å². The molecule has 1 aliphatic rings. The zero-order chi connectivity index (χ0) is 16.8. The lowest BCUT2D eigenvalue weighted by atomic mass is 10.1. The lowest BCUT2D eigenvalue weighted by Crippen LogP contribution is -2.19. The summed E-state index contributed by atoms with van der Waals surface area (Å²) >= 11 is 0. The fourth-order valence-electron chi connectivity index (χ4n) is 3.09. The molecule has 23 heavy (non-hydrogen) atoms. The fraction of sp³-hybridized carbons (Fsp3) is 0.278. The summed E-state index contributed by atoms with van der Waals surface area (Å²) in [7, 11) is -2.13. The van der Waals surface area contributed by atoms with Gasteiger partial charge in [0, 0.05) is 11.5 Å². The van der Waals surface area contributed by atoms with Gasteiger partial charge >= 0.3 is 0 Å². The molecule has 4 nitrogen and oxygen atoms in total. The van der Waals surface area contributed by atoms with E-state index >= 15 is 0 Å². The van der Waals surface area contributed by atoms with Gasteiger partial charge in [0.05, 0.1) is 12.0 Å². The Morgan fingerprint density at radius 2 is 1.70 bits per heavy atom. The minimum atomic E-state index is -3.65. The second kappa shape index (κ2) is 5.49. The standard InChI is InChI=1S/C18H18O4S/c1-11-4-7-14(8-5-11)23(20,21)18-12(2)17(19)15-9-6-13(22-3)10-16(15)18/h4-10,12,18H,1-3H3. The molecule has 0 amide bonds. The predicted molar refractivity (Wildman–Crippen MR) is 87.6 cm³/mol. The minimum absolute atomic E-state index is 0.136. The van der Waals surface area contributed by atoms with E-state index in [1.54, 1.807) is 49.4 Å². The third kappa shape index (κ3) is 2.45. The molecule has 120 valence electrons. The van der Waals surface area contributed by atoms with Gasteiger partial charge < -0.3 is 4.74 Å². The zero-order valence-electron chi connectivity index (χ0n) is 13.2. The van der Waals surface area contributed by atoms with Crippen LogP contribution in [0.1, 0.15) is 33.7 Å². The summed E-state index contributed by atoms with van der Waals surface area (Å²) in [4.78, 5) is 12.7. The van der Waals surface area contributed by atoms with E-state index < -0.39 is 21.0 Å². The van der Waals surface area contributed by atoms with Crippen molar-refractivity contribution in [3.8, 4) is 5.75 Å². The van der Waals surface area contributed by atoms with E-state index in [2.05, 4.69) is 0 Å². The second-order valence-corrected chi connectivity index (χ2v) is 7.95. The van der Waals surface area contributed by atoms with E-state index in [1.807, 2.05) is 6.92 Å². The number of fused-ring (bicyclic) bond motifs is 1. The number of rotatable bonds is 3. The quantitative estimate of drug-likeness (QED) is 0.866. The molecule has 0 N–H and O–H groups in total. The van der Waals surface area contributed by atoms with Gasteiger partial charge in [-0.05, 0) is 42.8 Å². The first kappa shape index (κ1) is 15.7. The number of hydrogen-bond donors (Lipinski definition) is 0. The molecule has 2 aromatic rings. The van der Waals surface area contributed by atoms with Crippen LogP contribution in [0.4, 0.5) is 0 Å². The summed E-state index contributed by atoms with van der Waals surface area (Å²) in [6.45, 7) is 3.57. The van der Waals surface area contributed by atoms with Crippen LogP contribution < -0.4 is 4.74 Å². The number of aryl methyl sites for hydroxylation is 1. The summed E-state index contributed by atoms with van der Waals surface area (Å²) < 4.78 is 31.3. The third-order valence-corrected chi connectivity index (χ3v) is 6.64. The van der Waals surface area contributed by atoms with Crippen molar-refractivity contribution in [3.05, 3.63) is 59.2 Å². The average Bonchev–Trinajstić information content (AvgIpc) is 2.79. The first-order valence-corrected chi connectivity index (χ1v) is 8.93. The average molecular weight is 330 g/mol. The van der Waals surface area contributed by atoms with E-state index in [4.69, 9.17) is 4.74 Å². The Kier molecular flexibility index (Phi) is 3.76. The first-order chi connectivity index (χ1) is 10.9. The largest absolute Gasteiger partial charge is 0.497 e. The number of ketones is 1. The van der Waals surface area contributed by atoms with Crippen molar-refractivity contribution >= 4 is 15.6 Å². The highest BCUT2D eigenvalue weighted by atomic mass is 32.2. The molecular formula is C18H18O4S. The van der Waals surface area contributed by atoms with Gasteiger partial charge in [0.1, 0.15) is 11.0 Å². The van der Waals surface area contributed by atoms with Crippen LogP contribution >= 0.6 is 0 Å². The summed E-state index contributed by atoms with van der Waals surface area (Å²) in [5.74, 6) is -0.193. The molecular weight excluding hydrogens is 312 g/mol. The Balaban J connectivity index is 2.16. The number of carbonyl (C=O) groups excluding carboxylic acids is 1. The number of benzene rings is 2. The molecule has 0 bridgehead atoms. The number of sulfone groups is 1. The molecule has 0 saturated heterocycles. The maximum atomic E-state index is 13.1. The van der Waals surface area contributed by atoms with E-state index in [9.17, 15) is 13.2 Å². The Hall–Kier alpha value is -2.14. The normalized spacial score (nSPS) is 20.4. The summed E-state index contributed by atoms with van der Waals surface area (Å²) in [5, 5.41) is -0.872. The molecule has 5 heteroatoms. The number of carbonyl (C=O) groups is 1. The molecule has 0 spiro atoms. The lowest BCUT2D eigenvalue weighted by molar-refractivity contribution is 0.0943. The predicted octanol–water partition coefficient (Wildman–Crippen LogP) is 3.35. The highest BCUT2D eigenvalue weighted by molar-refractivity contribution is 7.91. The number of hydrogen-bond acceptors (Lipinski definition) is 4. The molecule has 1 aliphatic carbocycles. The maximum absolute atomic E-state index is 13.1. The van der Waals surface area contributed by atoms with Crippen molar-refractivity contribution in [1.82, 2.24) is 0 Å². The van der Waals surface area contributed by atoms with Crippen molar-refractivity contribution in [2.24, 2.45) is 5.92 Å². The Morgan fingerprint density at radius 1 is 1.04 bits per heavy atom. The molecule has 2 atom stereocenters. The van der Waals surface area contributed by atoms with Gasteiger partial charge in [-0.3, -0.25) is 4.79 Å². The van der Waals surface area contributed by atoms with Crippen molar-refractivity contribution in [2.45, 2.75) is 24.0 Å². The Morgan fingerprint density at radius 3 is 2.30 bits per heavy atom. The molecule has 0 aromatic heterocycles. The van der Waals surface area contributed by atoms with Gasteiger partial charge in [-0.15, -0.1) is 0 Å². The molecule has 2 unspecified atom stereocenters. The molecule has 0 radical (unpaired) electrons. The van der Waals surface area contributed by atoms with Gasteiger partial charge in [0.15, 0.2) is 15.6 Å². The molecule has 0 saturated carbocycles. The maximum Gasteiger partial charge on any atom is 0.186 e. The van der Waals surface area contributed by atoms with Gasteiger partial charge in [-0.25, -0.2) is 8.42 Å². The first-order valence-electron chi connectivity index (χ1n) is 7.39. The zero-order valence-corrected chi connectivity index (χ0v) is 14.1. The van der Waals surface area contributed by atoms with Crippen LogP contribution in [0.5, 0.6) is 5.75 Å². The minimum Gasteiger partial charge on any atom is -0.497 e. The SMILES string of the molecule is COc1ccc2c(c1)C(S(=O)(=O)c1ccc(C)cc1)C(C)C2=O. The lowest BCUT2D eigenvalue weighted by Gasteiger charge is -2.17. The smallest absolute Gasteiger partial charge is 0.186 e. The summed E-state index contributed by atoms with van der Waals surface area (Å²) in [5.41, 5.74) is 1.99. The molecule has 2 aromatic carbocycles. The topological polar surface area (TPSA) is 60.4 Å². The number of Topliss-reactive ketones (excluding diaryl/α,β-unsaturated/α-hetero) is 1. The summed E-state index contributed by atoms with van der Waals surface area (Å²) in [6, 6.07) is 11.7. The highest BCUT2D eigenvalue weighted by Gasteiger charge is 2.45. The second-order valence-electron chi connectivity index (χ2n) is 5.88. The number of ether oxygens (including phenoxy) is 1. The van der Waals surface area contributed by atoms with Gasteiger partial charge in [-0.2, -0.15) is 0 Å². The van der Waals surface area contributed by atoms with Crippen LogP contribution in [-0.2, 0) is 9.84 Å². The molecule has 0 heterocycles. The monoisotopic (exact) mass is 330 g/mol. The van der Waals surface area contributed by atoms with Gasteiger partial charge in [0.2, 0.25) is 0 Å². The Labute approximate surface area is 136 Å². The van der Waals surface area contributed by atoms with Crippen molar-refractivity contribution in [3.63, 3.8) is 0 Å². The van der Waals surface area contributed by atoms with Crippen molar-refractivity contribution in [1.29, 1.82) is 0 Å². The Bertz CT molecular complexity index is 866. The van der Waals surface area contributed by atoms with Crippen LogP contribution in [0.15, 0.2) is 47.4 Å². The highest BCUT2D eigenvalue weighted by Crippen LogP contribution is 2.45. The van der Waals surface area contributed by atoms with E-state index in [0.29, 0.717) is 16.9 Å². The van der Waals surface area contributed by atoms with E-state index in [0.717, 1.165) is 5.56 Å². The third-order valence-electron chi connectivity index (χ3n) is 4.38.